The van der Waals surface area contributed by atoms with Crippen LogP contribution in [0, 0.1) is 0 Å². The van der Waals surface area contributed by atoms with Crippen LogP contribution in [0.4, 0.5) is 5.69 Å². The van der Waals surface area contributed by atoms with Gasteiger partial charge in [0.15, 0.2) is 6.61 Å². The van der Waals surface area contributed by atoms with E-state index in [0.717, 1.165) is 19.3 Å². The van der Waals surface area contributed by atoms with Crippen LogP contribution in [0.3, 0.4) is 0 Å². The molecule has 2 rings (SSSR count). The Morgan fingerprint density at radius 1 is 1.32 bits per heavy atom. The van der Waals surface area contributed by atoms with Gasteiger partial charge in [0.1, 0.15) is 0 Å². The number of likely N-dealkylation sites (tertiary alicyclic amines) is 1. The zero-order chi connectivity index (χ0) is 16.3. The van der Waals surface area contributed by atoms with Crippen LogP contribution >= 0.6 is 11.6 Å². The van der Waals surface area contributed by atoms with Gasteiger partial charge < -0.3 is 15.4 Å². The molecule has 0 unspecified atom stereocenters. The van der Waals surface area contributed by atoms with Gasteiger partial charge in [0, 0.05) is 22.8 Å². The summed E-state index contributed by atoms with van der Waals surface area (Å²) in [4.78, 5) is 26.1. The van der Waals surface area contributed by atoms with Gasteiger partial charge >= 0.3 is 5.97 Å². The maximum absolute atomic E-state index is 12.3. The number of hydrogen-bond donors (Lipinski definition) is 1. The number of esters is 1. The largest absolute Gasteiger partial charge is 0.452 e. The van der Waals surface area contributed by atoms with Gasteiger partial charge in [-0.25, -0.2) is 4.79 Å². The van der Waals surface area contributed by atoms with Gasteiger partial charge in [-0.1, -0.05) is 11.6 Å². The Labute approximate surface area is 135 Å². The van der Waals surface area contributed by atoms with E-state index in [4.69, 9.17) is 22.1 Å². The smallest absolute Gasteiger partial charge is 0.340 e. The van der Waals surface area contributed by atoms with Crippen molar-refractivity contribution < 1.29 is 14.3 Å². The average Bonchev–Trinajstić information content (AvgIpc) is 2.47. The normalized spacial score (nSPS) is 21.5. The third-order valence-electron chi connectivity index (χ3n) is 4.04. The molecular weight excluding hydrogens is 304 g/mol. The Hall–Kier alpha value is -1.75. The van der Waals surface area contributed by atoms with E-state index in [9.17, 15) is 9.59 Å². The third kappa shape index (κ3) is 3.71. The first-order valence-electron chi connectivity index (χ1n) is 7.43. The molecule has 2 N–H and O–H groups in total. The predicted octanol–water partition coefficient (Wildman–Crippen LogP) is 2.87. The molecule has 0 aromatic heterocycles. The lowest BCUT2D eigenvalue weighted by molar-refractivity contribution is -0.140. The fourth-order valence-corrected chi connectivity index (χ4v) is 3.07. The van der Waals surface area contributed by atoms with E-state index in [1.165, 1.54) is 12.1 Å². The van der Waals surface area contributed by atoms with Crippen LogP contribution in [-0.4, -0.2) is 35.5 Å². The first-order valence-corrected chi connectivity index (χ1v) is 7.81. The van der Waals surface area contributed by atoms with Crippen LogP contribution in [0.15, 0.2) is 18.2 Å². The fraction of sp³-hybridized carbons (Fsp3) is 0.500. The quantitative estimate of drug-likeness (QED) is 0.685. The van der Waals surface area contributed by atoms with Crippen LogP contribution < -0.4 is 5.73 Å². The topological polar surface area (TPSA) is 72.6 Å². The molecular formula is C16H21ClN2O3. The Kier molecular flexibility index (Phi) is 5.29. The summed E-state index contributed by atoms with van der Waals surface area (Å²) in [6.07, 6.45) is 3.07. The minimum atomic E-state index is -0.634. The van der Waals surface area contributed by atoms with Crippen LogP contribution in [0.5, 0.6) is 0 Å². The molecule has 0 saturated carbocycles. The Morgan fingerprint density at radius 2 is 1.95 bits per heavy atom. The van der Waals surface area contributed by atoms with Crippen LogP contribution in [-0.2, 0) is 9.53 Å². The number of piperidine rings is 1. The van der Waals surface area contributed by atoms with Crippen LogP contribution in [0.2, 0.25) is 5.02 Å². The summed E-state index contributed by atoms with van der Waals surface area (Å²) in [5, 5.41) is 0.394. The zero-order valence-corrected chi connectivity index (χ0v) is 13.6. The first-order chi connectivity index (χ1) is 10.4. The molecule has 22 heavy (non-hydrogen) atoms. The second-order valence-corrected chi connectivity index (χ2v) is 6.17. The van der Waals surface area contributed by atoms with Gasteiger partial charge in [-0.3, -0.25) is 4.79 Å². The minimum absolute atomic E-state index is 0.172. The van der Waals surface area contributed by atoms with Crippen LogP contribution in [0.1, 0.15) is 43.5 Å². The van der Waals surface area contributed by atoms with E-state index in [1.54, 1.807) is 11.0 Å². The van der Waals surface area contributed by atoms with Gasteiger partial charge in [-0.15, -0.1) is 0 Å². The van der Waals surface area contributed by atoms with Gasteiger partial charge in [0.05, 0.1) is 5.56 Å². The maximum atomic E-state index is 12.3. The van der Waals surface area contributed by atoms with Gasteiger partial charge in [0.25, 0.3) is 5.91 Å². The number of nitrogen functional groups attached to an aromatic ring is 1. The van der Waals surface area contributed by atoms with Crippen molar-refractivity contribution in [2.75, 3.05) is 12.3 Å². The van der Waals surface area contributed by atoms with Gasteiger partial charge in [0.2, 0.25) is 0 Å². The summed E-state index contributed by atoms with van der Waals surface area (Å²) >= 11 is 5.85. The highest BCUT2D eigenvalue weighted by atomic mass is 35.5. The molecule has 5 nitrogen and oxygen atoms in total. The van der Waals surface area contributed by atoms with E-state index in [-0.39, 0.29) is 35.8 Å². The van der Waals surface area contributed by atoms with E-state index < -0.39 is 5.97 Å². The summed E-state index contributed by atoms with van der Waals surface area (Å²) in [7, 11) is 0. The molecule has 1 aromatic carbocycles. The zero-order valence-electron chi connectivity index (χ0n) is 12.8. The number of benzene rings is 1. The number of nitrogens with two attached hydrogens (primary N) is 1. The second kappa shape index (κ2) is 7.01. The molecule has 1 fully saturated rings. The summed E-state index contributed by atoms with van der Waals surface area (Å²) in [5.41, 5.74) is 6.19. The number of nitrogens with zero attached hydrogens (tertiary/aromatic N) is 1. The van der Waals surface area contributed by atoms with E-state index in [0.29, 0.717) is 5.02 Å². The number of amides is 1. The average molecular weight is 325 g/mol. The molecule has 1 aliphatic heterocycles. The number of anilines is 1. The number of hydrogen-bond acceptors (Lipinski definition) is 4. The third-order valence-corrected chi connectivity index (χ3v) is 4.28. The van der Waals surface area contributed by atoms with Crippen molar-refractivity contribution >= 4 is 29.2 Å². The molecule has 1 aromatic rings. The van der Waals surface area contributed by atoms with E-state index >= 15 is 0 Å². The molecule has 1 saturated heterocycles. The minimum Gasteiger partial charge on any atom is -0.452 e. The number of halogens is 1. The Morgan fingerprint density at radius 3 is 2.59 bits per heavy atom. The molecule has 6 heteroatoms. The van der Waals surface area contributed by atoms with Crippen LogP contribution in [0.25, 0.3) is 0 Å². The molecule has 1 aliphatic rings. The lowest BCUT2D eigenvalue weighted by atomic mass is 9.97. The fourth-order valence-electron chi connectivity index (χ4n) is 2.90. The Balaban J connectivity index is 1.98. The lowest BCUT2D eigenvalue weighted by Crippen LogP contribution is -2.49. The summed E-state index contributed by atoms with van der Waals surface area (Å²) in [5.74, 6) is -0.806. The summed E-state index contributed by atoms with van der Waals surface area (Å²) < 4.78 is 5.11. The molecule has 1 amide bonds. The van der Waals surface area contributed by atoms with Gasteiger partial charge in [-0.05, 0) is 51.3 Å². The van der Waals surface area contributed by atoms with Crippen molar-refractivity contribution in [2.24, 2.45) is 0 Å². The molecule has 0 radical (unpaired) electrons. The monoisotopic (exact) mass is 324 g/mol. The number of rotatable bonds is 3. The van der Waals surface area contributed by atoms with Crippen molar-refractivity contribution in [2.45, 2.75) is 45.2 Å². The lowest BCUT2D eigenvalue weighted by Gasteiger charge is -2.38. The standard InChI is InChI=1S/C16H21ClN2O3/c1-10-4-3-5-11(2)19(10)15(20)9-22-16(21)13-8-12(17)6-7-14(13)18/h6-8,10-11H,3-5,9,18H2,1-2H3/t10-,11-/m1/s1. The molecule has 0 aliphatic carbocycles. The SMILES string of the molecule is C[C@@H]1CCC[C@@H](C)N1C(=O)COC(=O)c1cc(Cl)ccc1N. The highest BCUT2D eigenvalue weighted by Crippen LogP contribution is 2.23. The maximum Gasteiger partial charge on any atom is 0.340 e. The molecule has 2 atom stereocenters. The predicted molar refractivity (Wildman–Crippen MR) is 85.8 cm³/mol. The van der Waals surface area contributed by atoms with Crippen molar-refractivity contribution in [3.63, 3.8) is 0 Å². The first kappa shape index (κ1) is 16.6. The number of carbonyl (C=O) groups is 2. The van der Waals surface area contributed by atoms with E-state index in [1.807, 2.05) is 13.8 Å². The van der Waals surface area contributed by atoms with Crippen molar-refractivity contribution in [3.05, 3.63) is 28.8 Å². The molecule has 120 valence electrons. The Bertz CT molecular complexity index is 567. The highest BCUT2D eigenvalue weighted by molar-refractivity contribution is 6.31. The molecule has 0 spiro atoms. The van der Waals surface area contributed by atoms with Crippen molar-refractivity contribution in [1.82, 2.24) is 4.90 Å². The van der Waals surface area contributed by atoms with Gasteiger partial charge in [-0.2, -0.15) is 0 Å². The summed E-state index contributed by atoms with van der Waals surface area (Å²) in [6.45, 7) is 3.76. The summed E-state index contributed by atoms with van der Waals surface area (Å²) in [6, 6.07) is 4.92. The van der Waals surface area contributed by atoms with Crippen molar-refractivity contribution in [1.29, 1.82) is 0 Å². The molecule has 0 bridgehead atoms. The second-order valence-electron chi connectivity index (χ2n) is 5.74. The highest BCUT2D eigenvalue weighted by Gasteiger charge is 2.29. The number of carbonyl (C=O) groups excluding carboxylic acids is 2. The van der Waals surface area contributed by atoms with Crippen molar-refractivity contribution in [3.8, 4) is 0 Å². The number of ether oxygens (including phenoxy) is 1. The molecule has 1 heterocycles. The van der Waals surface area contributed by atoms with E-state index in [2.05, 4.69) is 0 Å².